The Morgan fingerprint density at radius 2 is 2.00 bits per heavy atom. The highest BCUT2D eigenvalue weighted by molar-refractivity contribution is 9.10. The van der Waals surface area contributed by atoms with Crippen molar-refractivity contribution in [3.05, 3.63) is 26.6 Å². The number of H-pyrrole nitrogens is 1. The Morgan fingerprint density at radius 1 is 1.47 bits per heavy atom. The van der Waals surface area contributed by atoms with E-state index < -0.39 is 32.5 Å². The van der Waals surface area contributed by atoms with E-state index in [1.54, 1.807) is 0 Å². The minimum absolute atomic E-state index is 0.0461. The van der Waals surface area contributed by atoms with Crippen LogP contribution in [0.1, 0.15) is 12.1 Å². The molecule has 0 unspecified atom stereocenters. The standard InChI is InChI=1S/C6H5BrF2N2O3S/c7-3-1-2(12)5(15(10,13)14)4(11-3)6(8)9/h1,6H,(H,11,12)(H2,10,13,14). The van der Waals surface area contributed by atoms with Crippen LogP contribution in [0.2, 0.25) is 0 Å². The molecule has 15 heavy (non-hydrogen) atoms. The van der Waals surface area contributed by atoms with Crippen molar-refractivity contribution in [2.45, 2.75) is 11.3 Å². The Balaban J connectivity index is 3.71. The average Bonchev–Trinajstić information content (AvgIpc) is 1.99. The quantitative estimate of drug-likeness (QED) is 0.788. The summed E-state index contributed by atoms with van der Waals surface area (Å²) in [6.07, 6.45) is -3.14. The Hall–Kier alpha value is -0.800. The third-order valence-corrected chi connectivity index (χ3v) is 2.90. The Bertz CT molecular complexity index is 540. The molecule has 0 aliphatic heterocycles. The molecule has 5 nitrogen and oxygen atoms in total. The monoisotopic (exact) mass is 302 g/mol. The number of nitrogens with two attached hydrogens (primary N) is 1. The summed E-state index contributed by atoms with van der Waals surface area (Å²) >= 11 is 2.76. The molecule has 0 atom stereocenters. The number of primary sulfonamides is 1. The van der Waals surface area contributed by atoms with Crippen molar-refractivity contribution in [2.24, 2.45) is 5.14 Å². The van der Waals surface area contributed by atoms with E-state index in [-0.39, 0.29) is 4.60 Å². The van der Waals surface area contributed by atoms with Gasteiger partial charge >= 0.3 is 0 Å². The molecule has 0 aliphatic carbocycles. The fourth-order valence-electron chi connectivity index (χ4n) is 0.982. The van der Waals surface area contributed by atoms with E-state index >= 15 is 0 Å². The van der Waals surface area contributed by atoms with Gasteiger partial charge in [-0.2, -0.15) is 0 Å². The van der Waals surface area contributed by atoms with Crippen molar-refractivity contribution in [3.63, 3.8) is 0 Å². The van der Waals surface area contributed by atoms with Gasteiger partial charge in [-0.3, -0.25) is 4.79 Å². The summed E-state index contributed by atoms with van der Waals surface area (Å²) in [4.78, 5) is 12.1. The van der Waals surface area contributed by atoms with Gasteiger partial charge in [-0.05, 0) is 15.9 Å². The van der Waals surface area contributed by atoms with E-state index in [4.69, 9.17) is 0 Å². The lowest BCUT2D eigenvalue weighted by molar-refractivity contribution is 0.142. The third kappa shape index (κ3) is 2.61. The van der Waals surface area contributed by atoms with E-state index in [1.165, 1.54) is 0 Å². The maximum absolute atomic E-state index is 12.4. The number of aromatic nitrogens is 1. The number of hydrogen-bond donors (Lipinski definition) is 2. The molecule has 1 aromatic heterocycles. The van der Waals surface area contributed by atoms with Crippen LogP contribution in [0.25, 0.3) is 0 Å². The summed E-state index contributed by atoms with van der Waals surface area (Å²) in [6.45, 7) is 0. The van der Waals surface area contributed by atoms with E-state index in [0.717, 1.165) is 6.07 Å². The molecule has 84 valence electrons. The minimum atomic E-state index is -4.47. The summed E-state index contributed by atoms with van der Waals surface area (Å²) in [5.41, 5.74) is -2.10. The summed E-state index contributed by atoms with van der Waals surface area (Å²) in [5, 5.41) is 4.65. The van der Waals surface area contributed by atoms with Gasteiger partial charge in [0.1, 0.15) is 5.69 Å². The van der Waals surface area contributed by atoms with Crippen LogP contribution in [0.15, 0.2) is 20.4 Å². The number of hydrogen-bond acceptors (Lipinski definition) is 3. The predicted octanol–water partition coefficient (Wildman–Crippen LogP) is 0.722. The number of aromatic amines is 1. The fraction of sp³-hybridized carbons (Fsp3) is 0.167. The van der Waals surface area contributed by atoms with Crippen molar-refractivity contribution in [2.75, 3.05) is 0 Å². The largest absolute Gasteiger partial charge is 0.347 e. The van der Waals surface area contributed by atoms with Gasteiger partial charge in [0, 0.05) is 6.07 Å². The molecule has 0 aliphatic rings. The molecule has 0 radical (unpaired) electrons. The lowest BCUT2D eigenvalue weighted by Gasteiger charge is -2.06. The van der Waals surface area contributed by atoms with Gasteiger partial charge in [0.2, 0.25) is 15.5 Å². The second-order valence-corrected chi connectivity index (χ2v) is 4.92. The molecule has 9 heteroatoms. The van der Waals surface area contributed by atoms with Crippen LogP contribution < -0.4 is 10.6 Å². The van der Waals surface area contributed by atoms with Gasteiger partial charge in [-0.25, -0.2) is 22.3 Å². The van der Waals surface area contributed by atoms with Crippen LogP contribution in [0.5, 0.6) is 0 Å². The minimum Gasteiger partial charge on any atom is -0.347 e. The first-order chi connectivity index (χ1) is 6.73. The molecule has 1 heterocycles. The maximum atomic E-state index is 12.4. The Kier molecular flexibility index (Phi) is 3.26. The van der Waals surface area contributed by atoms with Crippen molar-refractivity contribution in [1.82, 2.24) is 4.98 Å². The number of rotatable bonds is 2. The summed E-state index contributed by atoms with van der Waals surface area (Å²) in [7, 11) is -4.47. The first-order valence-electron chi connectivity index (χ1n) is 3.47. The lowest BCUT2D eigenvalue weighted by atomic mass is 10.3. The second kappa shape index (κ2) is 3.99. The summed E-state index contributed by atoms with van der Waals surface area (Å²) < 4.78 is 46.6. The number of pyridine rings is 1. The first-order valence-corrected chi connectivity index (χ1v) is 5.81. The van der Waals surface area contributed by atoms with E-state index in [2.05, 4.69) is 21.1 Å². The normalized spacial score (nSPS) is 12.1. The van der Waals surface area contributed by atoms with E-state index in [1.807, 2.05) is 4.98 Å². The van der Waals surface area contributed by atoms with E-state index in [0.29, 0.717) is 0 Å². The fourth-order valence-corrected chi connectivity index (χ4v) is 2.19. The molecule has 0 saturated carbocycles. The van der Waals surface area contributed by atoms with Gasteiger partial charge in [-0.1, -0.05) is 0 Å². The maximum Gasteiger partial charge on any atom is 0.279 e. The number of halogens is 3. The van der Waals surface area contributed by atoms with E-state index in [9.17, 15) is 22.0 Å². The van der Waals surface area contributed by atoms with Gasteiger partial charge < -0.3 is 4.98 Å². The Morgan fingerprint density at radius 3 is 2.40 bits per heavy atom. The molecule has 0 amide bonds. The number of nitrogens with one attached hydrogen (secondary N) is 1. The zero-order chi connectivity index (χ0) is 11.8. The zero-order valence-electron chi connectivity index (χ0n) is 7.00. The molecule has 3 N–H and O–H groups in total. The molecule has 0 saturated heterocycles. The van der Waals surface area contributed by atoms with Crippen LogP contribution in [-0.2, 0) is 10.0 Å². The average molecular weight is 303 g/mol. The van der Waals surface area contributed by atoms with Gasteiger partial charge in [0.25, 0.3) is 6.43 Å². The van der Waals surface area contributed by atoms with Gasteiger partial charge in [0.05, 0.1) is 4.60 Å². The smallest absolute Gasteiger partial charge is 0.279 e. The molecular weight excluding hydrogens is 298 g/mol. The topological polar surface area (TPSA) is 93.0 Å². The molecule has 1 rings (SSSR count). The van der Waals surface area contributed by atoms with Crippen LogP contribution in [-0.4, -0.2) is 13.4 Å². The molecule has 0 aromatic carbocycles. The zero-order valence-corrected chi connectivity index (χ0v) is 9.40. The lowest BCUT2D eigenvalue weighted by Crippen LogP contribution is -2.24. The summed E-state index contributed by atoms with van der Waals surface area (Å²) in [5.74, 6) is 0. The highest BCUT2D eigenvalue weighted by Crippen LogP contribution is 2.22. The van der Waals surface area contributed by atoms with Gasteiger partial charge in [-0.15, -0.1) is 0 Å². The van der Waals surface area contributed by atoms with Crippen LogP contribution in [0.4, 0.5) is 8.78 Å². The molecule has 0 fully saturated rings. The molecular formula is C6H5BrF2N2O3S. The number of alkyl halides is 2. The highest BCUT2D eigenvalue weighted by atomic mass is 79.9. The molecule has 0 spiro atoms. The van der Waals surface area contributed by atoms with Crippen LogP contribution in [0.3, 0.4) is 0 Å². The Labute approximate surface area is 91.5 Å². The second-order valence-electron chi connectivity index (χ2n) is 2.57. The van der Waals surface area contributed by atoms with Gasteiger partial charge in [0.15, 0.2) is 4.90 Å². The van der Waals surface area contributed by atoms with Crippen molar-refractivity contribution in [1.29, 1.82) is 0 Å². The van der Waals surface area contributed by atoms with Crippen LogP contribution in [0, 0.1) is 0 Å². The van der Waals surface area contributed by atoms with Crippen LogP contribution >= 0.6 is 15.9 Å². The summed E-state index contributed by atoms with van der Waals surface area (Å²) in [6, 6.07) is 0.811. The predicted molar refractivity (Wildman–Crippen MR) is 51.1 cm³/mol. The van der Waals surface area contributed by atoms with Crippen molar-refractivity contribution in [3.8, 4) is 0 Å². The van der Waals surface area contributed by atoms with Crippen molar-refractivity contribution < 1.29 is 17.2 Å². The molecule has 1 aromatic rings. The first kappa shape index (κ1) is 12.3. The third-order valence-electron chi connectivity index (χ3n) is 1.48. The molecule has 0 bridgehead atoms. The SMILES string of the molecule is NS(=O)(=O)c1c(C(F)F)[nH]c(Br)cc1=O. The number of sulfonamides is 1. The van der Waals surface area contributed by atoms with Crippen molar-refractivity contribution >= 4 is 26.0 Å². The highest BCUT2D eigenvalue weighted by Gasteiger charge is 2.25.